The van der Waals surface area contributed by atoms with Crippen molar-refractivity contribution in [3.63, 3.8) is 0 Å². The van der Waals surface area contributed by atoms with E-state index in [9.17, 15) is 0 Å². The zero-order valence-corrected chi connectivity index (χ0v) is 13.4. The van der Waals surface area contributed by atoms with Crippen LogP contribution in [0.1, 0.15) is 37.8 Å². The second-order valence-electron chi connectivity index (χ2n) is 6.46. The van der Waals surface area contributed by atoms with Crippen LogP contribution in [0.15, 0.2) is 72.3 Å². The van der Waals surface area contributed by atoms with Crippen LogP contribution in [0.3, 0.4) is 0 Å². The lowest BCUT2D eigenvalue weighted by Gasteiger charge is -2.36. The van der Waals surface area contributed by atoms with Crippen molar-refractivity contribution in [2.45, 2.75) is 32.2 Å². The van der Waals surface area contributed by atoms with Gasteiger partial charge in [0, 0.05) is 5.69 Å². The molecule has 0 unspecified atom stereocenters. The van der Waals surface area contributed by atoms with E-state index in [1.165, 1.54) is 28.0 Å². The van der Waals surface area contributed by atoms with Gasteiger partial charge < -0.3 is 5.32 Å². The number of rotatable bonds is 3. The first-order valence-electron chi connectivity index (χ1n) is 7.83. The lowest BCUT2D eigenvalue weighted by Crippen LogP contribution is -2.35. The van der Waals surface area contributed by atoms with Gasteiger partial charge in [0.25, 0.3) is 0 Å². The normalized spacial score (nSPS) is 20.4. The number of nitrogens with one attached hydrogen (secondary N) is 1. The molecule has 0 spiro atoms. The van der Waals surface area contributed by atoms with E-state index in [0.29, 0.717) is 0 Å². The van der Waals surface area contributed by atoms with E-state index in [1.54, 1.807) is 0 Å². The quantitative estimate of drug-likeness (QED) is 0.707. The molecule has 0 aromatic heterocycles. The van der Waals surface area contributed by atoms with Gasteiger partial charge >= 0.3 is 0 Å². The lowest BCUT2D eigenvalue weighted by atomic mass is 9.79. The molecule has 1 heterocycles. The van der Waals surface area contributed by atoms with Gasteiger partial charge in [-0.25, -0.2) is 0 Å². The third-order valence-corrected chi connectivity index (χ3v) is 4.25. The van der Waals surface area contributed by atoms with Crippen molar-refractivity contribution in [3.8, 4) is 0 Å². The number of hydrogen-bond acceptors (Lipinski definition) is 1. The zero-order chi connectivity index (χ0) is 15.6. The summed E-state index contributed by atoms with van der Waals surface area (Å²) >= 11 is 0. The summed E-state index contributed by atoms with van der Waals surface area (Å²) in [4.78, 5) is 0. The highest BCUT2D eigenvalue weighted by atomic mass is 15.0. The summed E-state index contributed by atoms with van der Waals surface area (Å²) in [5, 5.41) is 3.84. The largest absolute Gasteiger partial charge is 0.374 e. The van der Waals surface area contributed by atoms with Gasteiger partial charge in [-0.15, -0.1) is 6.58 Å². The minimum atomic E-state index is -0.125. The molecule has 112 valence electrons. The minimum absolute atomic E-state index is 0.125. The standard InChI is InChI=1S/C21H23N/c1-16(2)14-21(19-10-5-4-6-11-19)15-17(3)13-18-9-7-8-12-20(18)22-21/h4-13,22H,1,14-15H2,2-3H3/t21-/m0/s1. The number of anilines is 1. The van der Waals surface area contributed by atoms with E-state index >= 15 is 0 Å². The smallest absolute Gasteiger partial charge is 0.0699 e. The molecule has 1 N–H and O–H groups in total. The van der Waals surface area contributed by atoms with Crippen LogP contribution in [-0.2, 0) is 5.54 Å². The second kappa shape index (κ2) is 5.84. The van der Waals surface area contributed by atoms with Crippen LogP contribution in [0.4, 0.5) is 5.69 Å². The fourth-order valence-corrected chi connectivity index (χ4v) is 3.49. The Morgan fingerprint density at radius 3 is 2.50 bits per heavy atom. The molecular weight excluding hydrogens is 266 g/mol. The number of fused-ring (bicyclic) bond motifs is 1. The van der Waals surface area contributed by atoms with Crippen LogP contribution < -0.4 is 5.32 Å². The van der Waals surface area contributed by atoms with Crippen LogP contribution in [0.25, 0.3) is 6.08 Å². The van der Waals surface area contributed by atoms with Gasteiger partial charge in [0.2, 0.25) is 0 Å². The molecule has 1 heteroatoms. The molecule has 0 radical (unpaired) electrons. The fraction of sp³-hybridized carbons (Fsp3) is 0.238. The SMILES string of the molecule is C=C(C)C[C@@]1(c2ccccc2)CC(C)=Cc2ccccc2N1. The molecule has 2 aromatic carbocycles. The molecule has 1 nitrogen and oxygen atoms in total. The number of para-hydroxylation sites is 1. The Labute approximate surface area is 133 Å². The van der Waals surface area contributed by atoms with Crippen LogP contribution in [-0.4, -0.2) is 0 Å². The van der Waals surface area contributed by atoms with E-state index in [1.807, 2.05) is 0 Å². The summed E-state index contributed by atoms with van der Waals surface area (Å²) < 4.78 is 0. The van der Waals surface area contributed by atoms with E-state index in [0.717, 1.165) is 12.8 Å². The van der Waals surface area contributed by atoms with Crippen LogP contribution in [0.5, 0.6) is 0 Å². The Morgan fingerprint density at radius 2 is 1.77 bits per heavy atom. The molecule has 0 bridgehead atoms. The highest BCUT2D eigenvalue weighted by Gasteiger charge is 2.34. The third kappa shape index (κ3) is 2.85. The molecule has 3 rings (SSSR count). The minimum Gasteiger partial charge on any atom is -0.374 e. The first-order chi connectivity index (χ1) is 10.6. The van der Waals surface area contributed by atoms with Crippen LogP contribution in [0.2, 0.25) is 0 Å². The van der Waals surface area contributed by atoms with Gasteiger partial charge in [-0.1, -0.05) is 65.8 Å². The van der Waals surface area contributed by atoms with Gasteiger partial charge in [0.1, 0.15) is 0 Å². The van der Waals surface area contributed by atoms with Crippen molar-refractivity contribution in [1.29, 1.82) is 0 Å². The molecule has 0 fully saturated rings. The molecule has 0 saturated carbocycles. The third-order valence-electron chi connectivity index (χ3n) is 4.25. The Balaban J connectivity index is 2.15. The number of benzene rings is 2. The Bertz CT molecular complexity index is 712. The molecule has 1 aliphatic heterocycles. The van der Waals surface area contributed by atoms with Gasteiger partial charge in [0.05, 0.1) is 5.54 Å². The zero-order valence-electron chi connectivity index (χ0n) is 13.4. The molecule has 0 aliphatic carbocycles. The average molecular weight is 289 g/mol. The first kappa shape index (κ1) is 14.6. The van der Waals surface area contributed by atoms with E-state index in [-0.39, 0.29) is 5.54 Å². The molecule has 1 aliphatic rings. The van der Waals surface area contributed by atoms with Crippen molar-refractivity contribution in [3.05, 3.63) is 83.4 Å². The van der Waals surface area contributed by atoms with Gasteiger partial charge in [0.15, 0.2) is 0 Å². The highest BCUT2D eigenvalue weighted by Crippen LogP contribution is 2.41. The van der Waals surface area contributed by atoms with Crippen molar-refractivity contribution in [2.75, 3.05) is 5.32 Å². The van der Waals surface area contributed by atoms with Crippen LogP contribution >= 0.6 is 0 Å². The monoisotopic (exact) mass is 289 g/mol. The van der Waals surface area contributed by atoms with Crippen molar-refractivity contribution >= 4 is 11.8 Å². The molecule has 0 amide bonds. The summed E-state index contributed by atoms with van der Waals surface area (Å²) in [5.74, 6) is 0. The molecule has 22 heavy (non-hydrogen) atoms. The second-order valence-corrected chi connectivity index (χ2v) is 6.46. The topological polar surface area (TPSA) is 12.0 Å². The van der Waals surface area contributed by atoms with Crippen LogP contribution in [0, 0.1) is 0 Å². The van der Waals surface area contributed by atoms with Crippen molar-refractivity contribution in [1.82, 2.24) is 0 Å². The van der Waals surface area contributed by atoms with Gasteiger partial charge in [-0.05, 0) is 43.9 Å². The summed E-state index contributed by atoms with van der Waals surface area (Å²) in [5.41, 5.74) is 6.25. The van der Waals surface area contributed by atoms with E-state index < -0.39 is 0 Å². The average Bonchev–Trinajstić information content (AvgIpc) is 2.63. The molecule has 0 saturated heterocycles. The first-order valence-corrected chi connectivity index (χ1v) is 7.83. The molecule has 1 atom stereocenters. The lowest BCUT2D eigenvalue weighted by molar-refractivity contribution is 0.481. The highest BCUT2D eigenvalue weighted by molar-refractivity contribution is 5.71. The summed E-state index contributed by atoms with van der Waals surface area (Å²) in [6, 6.07) is 19.3. The Kier molecular flexibility index (Phi) is 3.89. The predicted molar refractivity (Wildman–Crippen MR) is 95.9 cm³/mol. The molecule has 2 aromatic rings. The van der Waals surface area contributed by atoms with E-state index in [4.69, 9.17) is 0 Å². The van der Waals surface area contributed by atoms with E-state index in [2.05, 4.69) is 86.4 Å². The van der Waals surface area contributed by atoms with Gasteiger partial charge in [-0.3, -0.25) is 0 Å². The van der Waals surface area contributed by atoms with Crippen molar-refractivity contribution in [2.24, 2.45) is 0 Å². The maximum absolute atomic E-state index is 4.17. The predicted octanol–water partition coefficient (Wildman–Crippen LogP) is 5.77. The summed E-state index contributed by atoms with van der Waals surface area (Å²) in [6.45, 7) is 8.51. The van der Waals surface area contributed by atoms with Crippen molar-refractivity contribution < 1.29 is 0 Å². The Hall–Kier alpha value is -2.28. The molecular formula is C21H23N. The number of hydrogen-bond donors (Lipinski definition) is 1. The maximum Gasteiger partial charge on any atom is 0.0699 e. The maximum atomic E-state index is 4.17. The summed E-state index contributed by atoms with van der Waals surface area (Å²) in [7, 11) is 0. The Morgan fingerprint density at radius 1 is 1.09 bits per heavy atom. The van der Waals surface area contributed by atoms with Gasteiger partial charge in [-0.2, -0.15) is 0 Å². The summed E-state index contributed by atoms with van der Waals surface area (Å²) in [6.07, 6.45) is 4.21. The fourth-order valence-electron chi connectivity index (χ4n) is 3.49.